The number of hydrogen-bond acceptors (Lipinski definition) is 5. The lowest BCUT2D eigenvalue weighted by Crippen LogP contribution is -2.29. The van der Waals surface area contributed by atoms with E-state index in [1.807, 2.05) is 43.5 Å². The highest BCUT2D eigenvalue weighted by molar-refractivity contribution is 7.12. The van der Waals surface area contributed by atoms with Crippen molar-refractivity contribution in [1.29, 1.82) is 0 Å². The molecule has 2 heterocycles. The number of ether oxygens (including phenoxy) is 1. The number of hydrogen-bond donors (Lipinski definition) is 1. The Morgan fingerprint density at radius 3 is 2.65 bits per heavy atom. The molecular formula is C20H16N2O3S. The summed E-state index contributed by atoms with van der Waals surface area (Å²) in [6.45, 7) is 3.99. The Morgan fingerprint density at radius 1 is 1.12 bits per heavy atom. The van der Waals surface area contributed by atoms with Crippen LogP contribution in [0.25, 0.3) is 11.3 Å². The molecule has 0 unspecified atom stereocenters. The minimum atomic E-state index is -0.975. The number of carbonyl (C=O) groups is 1. The molecule has 6 heteroatoms. The second-order valence-electron chi connectivity index (χ2n) is 6.44. The van der Waals surface area contributed by atoms with Crippen LogP contribution in [0.4, 0.5) is 5.69 Å². The largest absolute Gasteiger partial charge is 0.478 e. The summed E-state index contributed by atoms with van der Waals surface area (Å²) in [5.41, 5.74) is 2.78. The number of carboxylic acid groups (broad SMARTS) is 1. The van der Waals surface area contributed by atoms with Crippen molar-refractivity contribution in [3.63, 3.8) is 0 Å². The fourth-order valence-electron chi connectivity index (χ4n) is 2.99. The fraction of sp³-hybridized carbons (Fsp3) is 0.150. The molecule has 0 aliphatic carbocycles. The van der Waals surface area contributed by atoms with Crippen molar-refractivity contribution < 1.29 is 14.6 Å². The van der Waals surface area contributed by atoms with Crippen LogP contribution in [0.3, 0.4) is 0 Å². The van der Waals surface area contributed by atoms with E-state index >= 15 is 0 Å². The highest BCUT2D eigenvalue weighted by Gasteiger charge is 2.32. The molecule has 0 spiro atoms. The van der Waals surface area contributed by atoms with Gasteiger partial charge in [-0.2, -0.15) is 0 Å². The Balaban J connectivity index is 1.77. The van der Waals surface area contributed by atoms with Crippen LogP contribution >= 0.6 is 11.3 Å². The number of benzene rings is 2. The number of aromatic carboxylic acids is 1. The maximum atomic E-state index is 11.5. The summed E-state index contributed by atoms with van der Waals surface area (Å²) in [4.78, 5) is 20.6. The van der Waals surface area contributed by atoms with E-state index in [0.29, 0.717) is 22.2 Å². The smallest absolute Gasteiger partial charge is 0.336 e. The van der Waals surface area contributed by atoms with Crippen molar-refractivity contribution >= 4 is 28.9 Å². The van der Waals surface area contributed by atoms with Crippen molar-refractivity contribution in [2.75, 3.05) is 0 Å². The number of para-hydroxylation sites is 1. The average Bonchev–Trinajstić information content (AvgIpc) is 3.11. The van der Waals surface area contributed by atoms with Gasteiger partial charge in [0.1, 0.15) is 5.60 Å². The maximum absolute atomic E-state index is 11.5. The van der Waals surface area contributed by atoms with Crippen LogP contribution in [0.2, 0.25) is 0 Å². The monoisotopic (exact) mass is 364 g/mol. The normalized spacial score (nSPS) is 14.9. The minimum Gasteiger partial charge on any atom is -0.478 e. The van der Waals surface area contributed by atoms with Crippen molar-refractivity contribution in [2.24, 2.45) is 4.99 Å². The number of nitrogens with zero attached hydrogens (tertiary/aromatic N) is 2. The Kier molecular flexibility index (Phi) is 3.85. The molecular weight excluding hydrogens is 348 g/mol. The van der Waals surface area contributed by atoms with Gasteiger partial charge < -0.3 is 9.84 Å². The first-order valence-electron chi connectivity index (χ1n) is 8.11. The third-order valence-corrected chi connectivity index (χ3v) is 5.08. The Hall–Kier alpha value is -2.99. The molecule has 130 valence electrons. The number of rotatable bonds is 3. The summed E-state index contributed by atoms with van der Waals surface area (Å²) in [5.74, 6) is -0.519. The van der Waals surface area contributed by atoms with E-state index in [1.165, 1.54) is 11.3 Å². The van der Waals surface area contributed by atoms with Crippen molar-refractivity contribution in [2.45, 2.75) is 19.4 Å². The van der Waals surface area contributed by atoms with Crippen LogP contribution in [0, 0.1) is 0 Å². The lowest BCUT2D eigenvalue weighted by molar-refractivity contribution is 0.0697. The Bertz CT molecular complexity index is 1040. The number of fused-ring (bicyclic) bond motifs is 1. The third-order valence-electron chi connectivity index (χ3n) is 4.25. The summed E-state index contributed by atoms with van der Waals surface area (Å²) in [5, 5.41) is 11.8. The van der Waals surface area contributed by atoms with Gasteiger partial charge in [0.15, 0.2) is 5.01 Å². The van der Waals surface area contributed by atoms with Gasteiger partial charge in [-0.25, -0.2) is 14.8 Å². The molecule has 0 bridgehead atoms. The molecule has 5 nitrogen and oxygen atoms in total. The number of aromatic nitrogens is 1. The maximum Gasteiger partial charge on any atom is 0.336 e. The predicted octanol–water partition coefficient (Wildman–Crippen LogP) is 4.85. The highest BCUT2D eigenvalue weighted by Crippen LogP contribution is 2.38. The second-order valence-corrected chi connectivity index (χ2v) is 7.29. The molecule has 4 rings (SSSR count). The molecule has 0 saturated carbocycles. The van der Waals surface area contributed by atoms with Gasteiger partial charge in [0.05, 0.1) is 16.9 Å². The zero-order valence-electron chi connectivity index (χ0n) is 14.3. The molecule has 1 aliphatic heterocycles. The molecule has 0 fully saturated rings. The van der Waals surface area contributed by atoms with Crippen LogP contribution in [-0.2, 0) is 10.3 Å². The summed E-state index contributed by atoms with van der Waals surface area (Å²) in [7, 11) is 0. The minimum absolute atomic E-state index is 0.224. The predicted molar refractivity (Wildman–Crippen MR) is 101 cm³/mol. The second kappa shape index (κ2) is 6.07. The first-order valence-corrected chi connectivity index (χ1v) is 8.99. The SMILES string of the molecule is CC1(C)OC(c2nc(-c3ccccc3C(=O)O)cs2)=Nc2ccccc21. The molecule has 0 radical (unpaired) electrons. The summed E-state index contributed by atoms with van der Waals surface area (Å²) < 4.78 is 6.09. The van der Waals surface area contributed by atoms with Gasteiger partial charge in [0, 0.05) is 16.5 Å². The number of carboxylic acids is 1. The van der Waals surface area contributed by atoms with E-state index in [9.17, 15) is 9.90 Å². The highest BCUT2D eigenvalue weighted by atomic mass is 32.1. The van der Waals surface area contributed by atoms with Crippen molar-refractivity contribution in [3.8, 4) is 11.3 Å². The molecule has 1 aromatic heterocycles. The molecule has 0 atom stereocenters. The van der Waals surface area contributed by atoms with Gasteiger partial charge in [-0.15, -0.1) is 11.3 Å². The van der Waals surface area contributed by atoms with E-state index in [0.717, 1.165) is 11.3 Å². The van der Waals surface area contributed by atoms with Crippen LogP contribution < -0.4 is 0 Å². The van der Waals surface area contributed by atoms with Gasteiger partial charge in [0.25, 0.3) is 5.90 Å². The average molecular weight is 364 g/mol. The van der Waals surface area contributed by atoms with Gasteiger partial charge in [0.2, 0.25) is 0 Å². The van der Waals surface area contributed by atoms with E-state index < -0.39 is 11.6 Å². The van der Waals surface area contributed by atoms with Crippen LogP contribution in [-0.4, -0.2) is 22.0 Å². The molecule has 2 aromatic carbocycles. The van der Waals surface area contributed by atoms with Gasteiger partial charge in [-0.05, 0) is 26.0 Å². The number of thiazole rings is 1. The van der Waals surface area contributed by atoms with Crippen LogP contribution in [0.5, 0.6) is 0 Å². The van der Waals surface area contributed by atoms with E-state index in [1.54, 1.807) is 24.3 Å². The van der Waals surface area contributed by atoms with Gasteiger partial charge in [-0.3, -0.25) is 0 Å². The van der Waals surface area contributed by atoms with E-state index in [-0.39, 0.29) is 5.56 Å². The first-order chi connectivity index (χ1) is 12.5. The van der Waals surface area contributed by atoms with E-state index in [4.69, 9.17) is 4.74 Å². The van der Waals surface area contributed by atoms with Gasteiger partial charge in [-0.1, -0.05) is 36.4 Å². The molecule has 0 amide bonds. The molecule has 1 N–H and O–H groups in total. The quantitative estimate of drug-likeness (QED) is 0.721. The Labute approximate surface area is 154 Å². The summed E-state index contributed by atoms with van der Waals surface area (Å²) in [6, 6.07) is 14.7. The van der Waals surface area contributed by atoms with Crippen molar-refractivity contribution in [3.05, 3.63) is 70.0 Å². The van der Waals surface area contributed by atoms with Crippen LogP contribution in [0.15, 0.2) is 58.9 Å². The Morgan fingerprint density at radius 2 is 1.85 bits per heavy atom. The molecule has 1 aliphatic rings. The van der Waals surface area contributed by atoms with Crippen molar-refractivity contribution in [1.82, 2.24) is 4.98 Å². The summed E-state index contributed by atoms with van der Waals surface area (Å²) >= 11 is 1.39. The lowest BCUT2D eigenvalue weighted by atomic mass is 9.95. The third kappa shape index (κ3) is 2.78. The molecule has 26 heavy (non-hydrogen) atoms. The van der Waals surface area contributed by atoms with Gasteiger partial charge >= 0.3 is 5.97 Å². The fourth-order valence-corrected chi connectivity index (χ4v) is 3.73. The standard InChI is InChI=1S/C20H16N2O3S/c1-20(2)14-9-5-6-10-15(14)21-17(25-20)18-22-16(11-26-18)12-7-3-4-8-13(12)19(23)24/h3-11H,1-2H3,(H,23,24). The molecule has 3 aromatic rings. The topological polar surface area (TPSA) is 71.8 Å². The lowest BCUT2D eigenvalue weighted by Gasteiger charge is -2.31. The summed E-state index contributed by atoms with van der Waals surface area (Å²) in [6.07, 6.45) is 0. The van der Waals surface area contributed by atoms with Crippen LogP contribution in [0.1, 0.15) is 34.8 Å². The first kappa shape index (κ1) is 16.5. The zero-order valence-corrected chi connectivity index (χ0v) is 15.1. The zero-order chi connectivity index (χ0) is 18.3. The number of aliphatic imine (C=N–C) groups is 1. The van der Waals surface area contributed by atoms with E-state index in [2.05, 4.69) is 9.98 Å². The molecule has 0 saturated heterocycles.